The number of nitrogens with one attached hydrogen (secondary N) is 2. The predicted octanol–water partition coefficient (Wildman–Crippen LogP) is 0.213. The van der Waals surface area contributed by atoms with E-state index in [2.05, 4.69) is 15.5 Å². The molecule has 2 saturated heterocycles. The summed E-state index contributed by atoms with van der Waals surface area (Å²) < 4.78 is 5.51. The van der Waals surface area contributed by atoms with Crippen LogP contribution in [0.4, 0.5) is 0 Å². The van der Waals surface area contributed by atoms with Crippen molar-refractivity contribution < 1.29 is 9.53 Å². The summed E-state index contributed by atoms with van der Waals surface area (Å²) in [6, 6.07) is 0. The molecule has 2 fully saturated rings. The second kappa shape index (κ2) is 7.82. The van der Waals surface area contributed by atoms with Gasteiger partial charge < -0.3 is 15.4 Å². The summed E-state index contributed by atoms with van der Waals surface area (Å²) >= 11 is 0. The number of likely N-dealkylation sites (tertiary alicyclic amines) is 1. The lowest BCUT2D eigenvalue weighted by molar-refractivity contribution is -0.123. The zero-order valence-electron chi connectivity index (χ0n) is 12.0. The molecule has 5 nitrogen and oxygen atoms in total. The van der Waals surface area contributed by atoms with Gasteiger partial charge in [-0.15, -0.1) is 0 Å². The number of amides is 1. The minimum absolute atomic E-state index is 0.139. The summed E-state index contributed by atoms with van der Waals surface area (Å²) in [6.07, 6.45) is 4.91. The smallest absolute Gasteiger partial charge is 0.234 e. The van der Waals surface area contributed by atoms with Crippen molar-refractivity contribution >= 4 is 5.91 Å². The van der Waals surface area contributed by atoms with Crippen LogP contribution in [0.15, 0.2) is 0 Å². The molecular formula is C14H27N3O2. The van der Waals surface area contributed by atoms with Crippen LogP contribution in [0, 0.1) is 5.92 Å². The van der Waals surface area contributed by atoms with Crippen LogP contribution in [-0.2, 0) is 9.53 Å². The van der Waals surface area contributed by atoms with Crippen molar-refractivity contribution in [2.24, 2.45) is 5.92 Å². The molecule has 0 aliphatic carbocycles. The van der Waals surface area contributed by atoms with Gasteiger partial charge in [0, 0.05) is 19.7 Å². The van der Waals surface area contributed by atoms with Crippen LogP contribution in [0.2, 0.25) is 0 Å². The molecule has 2 unspecified atom stereocenters. The van der Waals surface area contributed by atoms with E-state index in [1.807, 2.05) is 7.05 Å². The van der Waals surface area contributed by atoms with E-state index >= 15 is 0 Å². The molecule has 2 aliphatic heterocycles. The minimum atomic E-state index is 0.139. The molecule has 0 aromatic rings. The van der Waals surface area contributed by atoms with E-state index in [-0.39, 0.29) is 12.0 Å². The number of hydrogen-bond donors (Lipinski definition) is 2. The lowest BCUT2D eigenvalue weighted by Gasteiger charge is -2.32. The number of ether oxygens (including phenoxy) is 1. The van der Waals surface area contributed by atoms with E-state index in [1.54, 1.807) is 0 Å². The normalized spacial score (nSPS) is 28.5. The van der Waals surface area contributed by atoms with Crippen LogP contribution in [0.3, 0.4) is 0 Å². The lowest BCUT2D eigenvalue weighted by Crippen LogP contribution is -2.45. The van der Waals surface area contributed by atoms with Gasteiger partial charge in [0.1, 0.15) is 0 Å². The van der Waals surface area contributed by atoms with Gasteiger partial charge in [0.05, 0.1) is 12.6 Å². The Kier molecular flexibility index (Phi) is 6.07. The number of carbonyl (C=O) groups is 1. The number of piperidine rings is 1. The van der Waals surface area contributed by atoms with Gasteiger partial charge in [-0.2, -0.15) is 0 Å². The fourth-order valence-corrected chi connectivity index (χ4v) is 3.04. The van der Waals surface area contributed by atoms with E-state index in [1.165, 1.54) is 12.8 Å². The Hall–Kier alpha value is -0.650. The SMILES string of the molecule is CNCC1CCCN(CC(=O)NCC2CCCO2)C1. The molecule has 0 aromatic heterocycles. The van der Waals surface area contributed by atoms with Crippen molar-refractivity contribution in [3.05, 3.63) is 0 Å². The molecule has 0 bridgehead atoms. The third-order valence-electron chi connectivity index (χ3n) is 4.01. The van der Waals surface area contributed by atoms with Gasteiger partial charge >= 0.3 is 0 Å². The Morgan fingerprint density at radius 2 is 2.21 bits per heavy atom. The first-order valence-electron chi connectivity index (χ1n) is 7.53. The van der Waals surface area contributed by atoms with Crippen LogP contribution in [0.25, 0.3) is 0 Å². The maximum atomic E-state index is 11.9. The number of hydrogen-bond acceptors (Lipinski definition) is 4. The van der Waals surface area contributed by atoms with Gasteiger partial charge in [-0.3, -0.25) is 9.69 Å². The Labute approximate surface area is 116 Å². The number of carbonyl (C=O) groups excluding carboxylic acids is 1. The van der Waals surface area contributed by atoms with E-state index in [0.717, 1.165) is 39.1 Å². The molecule has 2 N–H and O–H groups in total. The quantitative estimate of drug-likeness (QED) is 0.724. The molecule has 19 heavy (non-hydrogen) atoms. The van der Waals surface area contributed by atoms with Crippen molar-refractivity contribution in [1.82, 2.24) is 15.5 Å². The second-order valence-corrected chi connectivity index (χ2v) is 5.74. The van der Waals surface area contributed by atoms with Crippen molar-refractivity contribution in [3.63, 3.8) is 0 Å². The van der Waals surface area contributed by atoms with Crippen LogP contribution >= 0.6 is 0 Å². The molecule has 2 aliphatic rings. The fourth-order valence-electron chi connectivity index (χ4n) is 3.04. The van der Waals surface area contributed by atoms with Crippen molar-refractivity contribution in [3.8, 4) is 0 Å². The van der Waals surface area contributed by atoms with Crippen LogP contribution < -0.4 is 10.6 Å². The molecule has 1 amide bonds. The summed E-state index contributed by atoms with van der Waals surface area (Å²) in [5.41, 5.74) is 0. The summed E-state index contributed by atoms with van der Waals surface area (Å²) in [4.78, 5) is 14.2. The summed E-state index contributed by atoms with van der Waals surface area (Å²) in [5.74, 6) is 0.824. The van der Waals surface area contributed by atoms with E-state index in [4.69, 9.17) is 4.74 Å². The number of nitrogens with zero attached hydrogens (tertiary/aromatic N) is 1. The molecule has 0 radical (unpaired) electrons. The Morgan fingerprint density at radius 3 is 2.95 bits per heavy atom. The average molecular weight is 269 g/mol. The number of rotatable bonds is 6. The molecule has 5 heteroatoms. The van der Waals surface area contributed by atoms with Gasteiger partial charge in [0.25, 0.3) is 0 Å². The molecule has 0 spiro atoms. The van der Waals surface area contributed by atoms with Crippen LogP contribution in [0.1, 0.15) is 25.7 Å². The fraction of sp³-hybridized carbons (Fsp3) is 0.929. The highest BCUT2D eigenvalue weighted by Crippen LogP contribution is 2.15. The average Bonchev–Trinajstić information content (AvgIpc) is 2.90. The minimum Gasteiger partial charge on any atom is -0.376 e. The van der Waals surface area contributed by atoms with Crippen molar-refractivity contribution in [2.45, 2.75) is 31.8 Å². The molecule has 2 rings (SSSR count). The third kappa shape index (κ3) is 5.09. The maximum Gasteiger partial charge on any atom is 0.234 e. The molecule has 0 aromatic carbocycles. The molecule has 2 atom stereocenters. The standard InChI is InChI=1S/C14H27N3O2/c1-15-8-12-4-2-6-17(10-12)11-14(18)16-9-13-5-3-7-19-13/h12-13,15H,2-11H2,1H3,(H,16,18). The Balaban J connectivity index is 1.63. The topological polar surface area (TPSA) is 53.6 Å². The molecule has 110 valence electrons. The zero-order valence-corrected chi connectivity index (χ0v) is 12.0. The zero-order chi connectivity index (χ0) is 13.5. The highest BCUT2D eigenvalue weighted by Gasteiger charge is 2.22. The van der Waals surface area contributed by atoms with Gasteiger partial charge in [0.2, 0.25) is 5.91 Å². The molecule has 2 heterocycles. The highest BCUT2D eigenvalue weighted by molar-refractivity contribution is 5.78. The second-order valence-electron chi connectivity index (χ2n) is 5.74. The van der Waals surface area contributed by atoms with Gasteiger partial charge in [-0.05, 0) is 51.7 Å². The van der Waals surface area contributed by atoms with Crippen molar-refractivity contribution in [2.75, 3.05) is 46.4 Å². The van der Waals surface area contributed by atoms with E-state index in [9.17, 15) is 4.79 Å². The van der Waals surface area contributed by atoms with Crippen molar-refractivity contribution in [1.29, 1.82) is 0 Å². The van der Waals surface area contributed by atoms with E-state index in [0.29, 0.717) is 19.0 Å². The molecular weight excluding hydrogens is 242 g/mol. The van der Waals surface area contributed by atoms with Gasteiger partial charge in [0.15, 0.2) is 0 Å². The lowest BCUT2D eigenvalue weighted by atomic mass is 9.98. The maximum absolute atomic E-state index is 11.9. The first-order chi connectivity index (χ1) is 9.28. The Bertz CT molecular complexity index is 278. The molecule has 0 saturated carbocycles. The van der Waals surface area contributed by atoms with Crippen LogP contribution in [0.5, 0.6) is 0 Å². The third-order valence-corrected chi connectivity index (χ3v) is 4.01. The van der Waals surface area contributed by atoms with Gasteiger partial charge in [-0.1, -0.05) is 0 Å². The monoisotopic (exact) mass is 269 g/mol. The summed E-state index contributed by atoms with van der Waals surface area (Å²) in [6.45, 7) is 5.19. The largest absolute Gasteiger partial charge is 0.376 e. The van der Waals surface area contributed by atoms with E-state index < -0.39 is 0 Å². The van der Waals surface area contributed by atoms with Gasteiger partial charge in [-0.25, -0.2) is 0 Å². The van der Waals surface area contributed by atoms with Crippen LogP contribution in [-0.4, -0.2) is 63.3 Å². The first kappa shape index (κ1) is 14.8. The summed E-state index contributed by atoms with van der Waals surface area (Å²) in [5, 5.41) is 6.23. The summed E-state index contributed by atoms with van der Waals surface area (Å²) in [7, 11) is 1.99. The predicted molar refractivity (Wildman–Crippen MR) is 75.1 cm³/mol. The Morgan fingerprint density at radius 1 is 1.32 bits per heavy atom. The highest BCUT2D eigenvalue weighted by atomic mass is 16.5. The first-order valence-corrected chi connectivity index (χ1v) is 7.53.